The maximum atomic E-state index is 9.99. The van der Waals surface area contributed by atoms with Crippen molar-refractivity contribution < 1.29 is 5.11 Å². The number of aryl methyl sites for hydroxylation is 1. The van der Waals surface area contributed by atoms with E-state index in [2.05, 4.69) is 26.2 Å². The molecule has 18 heavy (non-hydrogen) atoms. The zero-order valence-electron chi connectivity index (χ0n) is 10.1. The molecule has 0 saturated carbocycles. The predicted molar refractivity (Wildman–Crippen MR) is 76.6 cm³/mol. The van der Waals surface area contributed by atoms with Gasteiger partial charge in [-0.3, -0.25) is 4.98 Å². The Morgan fingerprint density at radius 3 is 2.83 bits per heavy atom. The molecule has 0 aliphatic heterocycles. The Morgan fingerprint density at radius 1 is 1.33 bits per heavy atom. The molecule has 0 bridgehead atoms. The van der Waals surface area contributed by atoms with Crippen LogP contribution in [0.2, 0.25) is 0 Å². The van der Waals surface area contributed by atoms with Crippen molar-refractivity contribution in [1.29, 1.82) is 0 Å². The largest absolute Gasteiger partial charge is 0.385 e. The second kappa shape index (κ2) is 5.98. The predicted octanol–water partition coefficient (Wildman–Crippen LogP) is 3.30. The summed E-state index contributed by atoms with van der Waals surface area (Å²) >= 11 is 3.43. The van der Waals surface area contributed by atoms with E-state index in [-0.39, 0.29) is 0 Å². The zero-order valence-corrected chi connectivity index (χ0v) is 11.7. The number of pyridine rings is 1. The van der Waals surface area contributed by atoms with Gasteiger partial charge in [-0.2, -0.15) is 0 Å². The first kappa shape index (κ1) is 13.1. The highest BCUT2D eigenvalue weighted by molar-refractivity contribution is 9.10. The number of aromatic nitrogens is 1. The molecule has 2 rings (SSSR count). The van der Waals surface area contributed by atoms with E-state index < -0.39 is 6.10 Å². The van der Waals surface area contributed by atoms with E-state index in [1.807, 2.05) is 43.3 Å². The van der Waals surface area contributed by atoms with Crippen molar-refractivity contribution in [3.63, 3.8) is 0 Å². The minimum absolute atomic E-state index is 0.444. The van der Waals surface area contributed by atoms with Crippen LogP contribution >= 0.6 is 15.9 Å². The molecule has 0 aliphatic rings. The molecular weight excluding hydrogens is 292 g/mol. The van der Waals surface area contributed by atoms with Crippen molar-refractivity contribution in [1.82, 2.24) is 4.98 Å². The number of nitrogens with one attached hydrogen (secondary N) is 1. The van der Waals surface area contributed by atoms with E-state index in [9.17, 15) is 5.11 Å². The minimum Gasteiger partial charge on any atom is -0.385 e. The lowest BCUT2D eigenvalue weighted by atomic mass is 10.2. The third-order valence-electron chi connectivity index (χ3n) is 2.70. The average molecular weight is 307 g/mol. The number of halogens is 1. The molecular formula is C14H15BrN2O. The molecule has 2 aromatic rings. The number of benzene rings is 1. The summed E-state index contributed by atoms with van der Waals surface area (Å²) in [5.41, 5.74) is 2.84. The van der Waals surface area contributed by atoms with Gasteiger partial charge in [0, 0.05) is 22.9 Å². The fraction of sp³-hybridized carbons (Fsp3) is 0.214. The van der Waals surface area contributed by atoms with Gasteiger partial charge in [-0.05, 0) is 42.8 Å². The van der Waals surface area contributed by atoms with Gasteiger partial charge in [0.05, 0.1) is 5.69 Å². The first-order valence-corrected chi connectivity index (χ1v) is 6.55. The van der Waals surface area contributed by atoms with Crippen molar-refractivity contribution in [3.8, 4) is 0 Å². The molecule has 2 N–H and O–H groups in total. The Kier molecular flexibility index (Phi) is 4.33. The van der Waals surface area contributed by atoms with Gasteiger partial charge in [-0.25, -0.2) is 0 Å². The molecule has 1 aromatic carbocycles. The van der Waals surface area contributed by atoms with Crippen LogP contribution < -0.4 is 5.32 Å². The van der Waals surface area contributed by atoms with Crippen molar-refractivity contribution in [2.24, 2.45) is 0 Å². The molecule has 0 fully saturated rings. The fourth-order valence-corrected chi connectivity index (χ4v) is 2.19. The number of hydrogen-bond donors (Lipinski definition) is 2. The van der Waals surface area contributed by atoms with E-state index in [0.717, 1.165) is 15.7 Å². The second-order valence-corrected chi connectivity index (χ2v) is 5.03. The van der Waals surface area contributed by atoms with Gasteiger partial charge >= 0.3 is 0 Å². The monoisotopic (exact) mass is 306 g/mol. The summed E-state index contributed by atoms with van der Waals surface area (Å²) in [6.45, 7) is 2.47. The second-order valence-electron chi connectivity index (χ2n) is 4.11. The number of aliphatic hydroxyl groups is 1. The lowest BCUT2D eigenvalue weighted by molar-refractivity contribution is 0.187. The van der Waals surface area contributed by atoms with Crippen molar-refractivity contribution in [2.45, 2.75) is 13.0 Å². The molecule has 0 aliphatic carbocycles. The maximum absolute atomic E-state index is 9.99. The van der Waals surface area contributed by atoms with Gasteiger partial charge in [0.2, 0.25) is 0 Å². The molecule has 0 spiro atoms. The highest BCUT2D eigenvalue weighted by atomic mass is 79.9. The van der Waals surface area contributed by atoms with Crippen molar-refractivity contribution in [3.05, 3.63) is 58.3 Å². The number of hydrogen-bond acceptors (Lipinski definition) is 3. The molecule has 4 heteroatoms. The quantitative estimate of drug-likeness (QED) is 0.911. The SMILES string of the molecule is Cc1cc(Br)ccc1NCC(O)c1ccccn1. The van der Waals surface area contributed by atoms with Crippen LogP contribution in [0.25, 0.3) is 0 Å². The smallest absolute Gasteiger partial charge is 0.113 e. The molecule has 3 nitrogen and oxygen atoms in total. The Balaban J connectivity index is 1.99. The molecule has 1 aromatic heterocycles. The number of rotatable bonds is 4. The zero-order chi connectivity index (χ0) is 13.0. The summed E-state index contributed by atoms with van der Waals surface area (Å²) in [4.78, 5) is 4.13. The fourth-order valence-electron chi connectivity index (χ4n) is 1.71. The molecule has 0 amide bonds. The van der Waals surface area contributed by atoms with Gasteiger partial charge in [0.25, 0.3) is 0 Å². The molecule has 1 atom stereocenters. The maximum Gasteiger partial charge on any atom is 0.113 e. The summed E-state index contributed by atoms with van der Waals surface area (Å²) < 4.78 is 1.05. The lowest BCUT2D eigenvalue weighted by Gasteiger charge is -2.14. The van der Waals surface area contributed by atoms with Crippen LogP contribution in [0.1, 0.15) is 17.4 Å². The van der Waals surface area contributed by atoms with Gasteiger partial charge in [0.15, 0.2) is 0 Å². The van der Waals surface area contributed by atoms with Gasteiger partial charge in [-0.15, -0.1) is 0 Å². The Hall–Kier alpha value is -1.39. The van der Waals surface area contributed by atoms with Gasteiger partial charge in [0.1, 0.15) is 6.10 Å². The van der Waals surface area contributed by atoms with Crippen LogP contribution in [0, 0.1) is 6.92 Å². The molecule has 94 valence electrons. The number of aliphatic hydroxyl groups excluding tert-OH is 1. The summed E-state index contributed by atoms with van der Waals surface area (Å²) in [6.07, 6.45) is 1.08. The molecule has 0 saturated heterocycles. The third-order valence-corrected chi connectivity index (χ3v) is 3.20. The highest BCUT2D eigenvalue weighted by Crippen LogP contribution is 2.21. The first-order chi connectivity index (χ1) is 8.66. The van der Waals surface area contributed by atoms with E-state index in [0.29, 0.717) is 12.2 Å². The van der Waals surface area contributed by atoms with Crippen LogP contribution in [0.15, 0.2) is 47.1 Å². The van der Waals surface area contributed by atoms with Crippen molar-refractivity contribution >= 4 is 21.6 Å². The number of nitrogens with zero attached hydrogens (tertiary/aromatic N) is 1. The summed E-state index contributed by atoms with van der Waals surface area (Å²) in [5.74, 6) is 0. The van der Waals surface area contributed by atoms with E-state index in [1.54, 1.807) is 6.20 Å². The van der Waals surface area contributed by atoms with Crippen molar-refractivity contribution in [2.75, 3.05) is 11.9 Å². The Morgan fingerprint density at radius 2 is 2.17 bits per heavy atom. The molecule has 0 radical (unpaired) electrons. The van der Waals surface area contributed by atoms with Crippen LogP contribution in [0.4, 0.5) is 5.69 Å². The molecule has 1 heterocycles. The van der Waals surface area contributed by atoms with E-state index in [1.165, 1.54) is 0 Å². The summed E-state index contributed by atoms with van der Waals surface area (Å²) in [6, 6.07) is 11.5. The average Bonchev–Trinajstić information content (AvgIpc) is 2.38. The van der Waals surface area contributed by atoms with E-state index >= 15 is 0 Å². The van der Waals surface area contributed by atoms with Crippen LogP contribution in [0.3, 0.4) is 0 Å². The topological polar surface area (TPSA) is 45.1 Å². The van der Waals surface area contributed by atoms with Gasteiger partial charge in [-0.1, -0.05) is 22.0 Å². The van der Waals surface area contributed by atoms with E-state index in [4.69, 9.17) is 0 Å². The molecule has 1 unspecified atom stereocenters. The van der Waals surface area contributed by atoms with Crippen LogP contribution in [-0.4, -0.2) is 16.6 Å². The normalized spacial score (nSPS) is 12.2. The van der Waals surface area contributed by atoms with Gasteiger partial charge < -0.3 is 10.4 Å². The highest BCUT2D eigenvalue weighted by Gasteiger charge is 2.08. The third kappa shape index (κ3) is 3.31. The summed E-state index contributed by atoms with van der Waals surface area (Å²) in [5, 5.41) is 13.2. The minimum atomic E-state index is -0.603. The van der Waals surface area contributed by atoms with Crippen LogP contribution in [0.5, 0.6) is 0 Å². The standard InChI is InChI=1S/C14H15BrN2O/c1-10-8-11(15)5-6-12(10)17-9-14(18)13-4-2-3-7-16-13/h2-8,14,17-18H,9H2,1H3. The first-order valence-electron chi connectivity index (χ1n) is 5.76. The summed E-state index contributed by atoms with van der Waals surface area (Å²) in [7, 11) is 0. The Labute approximate surface area is 115 Å². The lowest BCUT2D eigenvalue weighted by Crippen LogP contribution is -2.13. The Bertz CT molecular complexity index is 516. The number of anilines is 1. The van der Waals surface area contributed by atoms with Crippen LogP contribution in [-0.2, 0) is 0 Å².